The number of fused-ring (bicyclic) bond motifs is 1. The Morgan fingerprint density at radius 1 is 1.07 bits per heavy atom. The summed E-state index contributed by atoms with van der Waals surface area (Å²) in [5, 5.41) is 2.69. The molecule has 0 atom stereocenters. The Hall–Kier alpha value is -3.29. The molecule has 1 aromatic heterocycles. The molecular weight excluding hydrogens is 348 g/mol. The average molecular weight is 368 g/mol. The molecule has 0 saturated heterocycles. The molecule has 1 aliphatic rings. The van der Waals surface area contributed by atoms with E-state index in [0.717, 1.165) is 10.6 Å². The van der Waals surface area contributed by atoms with Crippen LogP contribution in [0.2, 0.25) is 0 Å². The van der Waals surface area contributed by atoms with Crippen LogP contribution in [0.4, 0.5) is 0 Å². The van der Waals surface area contributed by atoms with Gasteiger partial charge in [-0.25, -0.2) is 4.98 Å². The summed E-state index contributed by atoms with van der Waals surface area (Å²) in [4.78, 5) is 53.6. The number of aromatic nitrogens is 2. The van der Waals surface area contributed by atoms with Gasteiger partial charge in [0.2, 0.25) is 5.91 Å². The van der Waals surface area contributed by atoms with Crippen molar-refractivity contribution in [2.75, 3.05) is 13.1 Å². The van der Waals surface area contributed by atoms with Gasteiger partial charge in [0.25, 0.3) is 17.4 Å². The molecule has 0 saturated carbocycles. The van der Waals surface area contributed by atoms with E-state index in [-0.39, 0.29) is 42.8 Å². The van der Waals surface area contributed by atoms with Crippen molar-refractivity contribution in [1.82, 2.24) is 19.8 Å². The second-order valence-corrected chi connectivity index (χ2v) is 6.17. The normalized spacial score (nSPS) is 13.0. The smallest absolute Gasteiger partial charge is 0.261 e. The molecule has 0 fully saturated rings. The number of carbonyl (C=O) groups excluding carboxylic acids is 3. The predicted molar refractivity (Wildman–Crippen MR) is 97.3 cm³/mol. The Labute approximate surface area is 155 Å². The molecule has 1 aromatic carbocycles. The molecule has 0 unspecified atom stereocenters. The number of nitrogens with one attached hydrogen (secondary N) is 1. The molecule has 3 amide bonds. The van der Waals surface area contributed by atoms with Gasteiger partial charge < -0.3 is 5.32 Å². The lowest BCUT2D eigenvalue weighted by Crippen LogP contribution is -2.36. The molecule has 27 heavy (non-hydrogen) atoms. The van der Waals surface area contributed by atoms with Crippen LogP contribution < -0.4 is 10.9 Å². The number of imide groups is 1. The van der Waals surface area contributed by atoms with Gasteiger partial charge >= 0.3 is 0 Å². The van der Waals surface area contributed by atoms with Crippen LogP contribution in [0.5, 0.6) is 0 Å². The highest BCUT2D eigenvalue weighted by molar-refractivity contribution is 6.21. The van der Waals surface area contributed by atoms with Gasteiger partial charge in [-0.15, -0.1) is 0 Å². The molecule has 0 radical (unpaired) electrons. The van der Waals surface area contributed by atoms with E-state index in [1.807, 2.05) is 6.92 Å². The number of aryl methyl sites for hydroxylation is 1. The van der Waals surface area contributed by atoms with Crippen LogP contribution in [0.3, 0.4) is 0 Å². The molecule has 8 heteroatoms. The van der Waals surface area contributed by atoms with E-state index >= 15 is 0 Å². The van der Waals surface area contributed by atoms with E-state index in [4.69, 9.17) is 0 Å². The zero-order valence-corrected chi connectivity index (χ0v) is 15.0. The summed E-state index contributed by atoms with van der Waals surface area (Å²) in [6.07, 6.45) is 2.16. The number of benzene rings is 1. The lowest BCUT2D eigenvalue weighted by Gasteiger charge is -2.13. The fourth-order valence-corrected chi connectivity index (χ4v) is 2.88. The first-order valence-electron chi connectivity index (χ1n) is 8.78. The topological polar surface area (TPSA) is 101 Å². The van der Waals surface area contributed by atoms with Gasteiger partial charge in [0.15, 0.2) is 0 Å². The Kier molecular flexibility index (Phi) is 5.44. The molecule has 1 N–H and O–H groups in total. The van der Waals surface area contributed by atoms with Crippen LogP contribution in [0, 0.1) is 0 Å². The minimum Gasteiger partial charge on any atom is -0.354 e. The SMILES string of the molecule is CCc1cc(=O)n(CCNC(=O)CCN2C(=O)c3ccccc3C2=O)cn1. The minimum atomic E-state index is -0.378. The number of hydrogen-bond donors (Lipinski definition) is 1. The average Bonchev–Trinajstić information content (AvgIpc) is 2.92. The first-order valence-corrected chi connectivity index (χ1v) is 8.78. The van der Waals surface area contributed by atoms with E-state index in [2.05, 4.69) is 10.3 Å². The highest BCUT2D eigenvalue weighted by Crippen LogP contribution is 2.22. The first-order chi connectivity index (χ1) is 13.0. The van der Waals surface area contributed by atoms with Crippen molar-refractivity contribution in [1.29, 1.82) is 0 Å². The lowest BCUT2D eigenvalue weighted by atomic mass is 10.1. The molecule has 3 rings (SSSR count). The van der Waals surface area contributed by atoms with Gasteiger partial charge in [-0.05, 0) is 18.6 Å². The maximum atomic E-state index is 12.2. The van der Waals surface area contributed by atoms with Crippen molar-refractivity contribution in [2.24, 2.45) is 0 Å². The second kappa shape index (κ2) is 7.94. The highest BCUT2D eigenvalue weighted by atomic mass is 16.2. The van der Waals surface area contributed by atoms with E-state index in [1.165, 1.54) is 17.0 Å². The molecule has 2 heterocycles. The van der Waals surface area contributed by atoms with E-state index in [0.29, 0.717) is 24.1 Å². The highest BCUT2D eigenvalue weighted by Gasteiger charge is 2.34. The molecule has 0 bridgehead atoms. The quantitative estimate of drug-likeness (QED) is 0.722. The zero-order chi connectivity index (χ0) is 19.4. The largest absolute Gasteiger partial charge is 0.354 e. The molecule has 0 spiro atoms. The Balaban J connectivity index is 1.48. The number of rotatable bonds is 7. The predicted octanol–water partition coefficient (Wildman–Crippen LogP) is 0.608. The third-order valence-corrected chi connectivity index (χ3v) is 4.41. The summed E-state index contributed by atoms with van der Waals surface area (Å²) >= 11 is 0. The van der Waals surface area contributed by atoms with Gasteiger partial charge in [-0.2, -0.15) is 0 Å². The van der Waals surface area contributed by atoms with Crippen molar-refractivity contribution in [3.63, 3.8) is 0 Å². The molecule has 1 aliphatic heterocycles. The van der Waals surface area contributed by atoms with Crippen LogP contribution in [0.1, 0.15) is 39.8 Å². The molecular formula is C19H20N4O4. The summed E-state index contributed by atoms with van der Waals surface area (Å²) < 4.78 is 1.42. The Morgan fingerprint density at radius 2 is 1.74 bits per heavy atom. The van der Waals surface area contributed by atoms with Crippen molar-refractivity contribution in [3.8, 4) is 0 Å². The van der Waals surface area contributed by atoms with Crippen LogP contribution in [0.15, 0.2) is 41.5 Å². The number of nitrogens with zero attached hydrogens (tertiary/aromatic N) is 3. The monoisotopic (exact) mass is 368 g/mol. The summed E-state index contributed by atoms with van der Waals surface area (Å²) in [6, 6.07) is 8.08. The summed E-state index contributed by atoms with van der Waals surface area (Å²) in [5.74, 6) is -1.05. The maximum Gasteiger partial charge on any atom is 0.261 e. The van der Waals surface area contributed by atoms with Gasteiger partial charge in [0.1, 0.15) is 0 Å². The van der Waals surface area contributed by atoms with Crippen LogP contribution >= 0.6 is 0 Å². The standard InChI is InChI=1S/C19H20N4O4/c1-2-13-11-17(25)22(12-21-13)10-8-20-16(24)7-9-23-18(26)14-5-3-4-6-15(14)19(23)27/h3-6,11-12H,2,7-10H2,1H3,(H,20,24). The van der Waals surface area contributed by atoms with Crippen molar-refractivity contribution in [3.05, 3.63) is 63.8 Å². The second-order valence-electron chi connectivity index (χ2n) is 6.17. The summed E-state index contributed by atoms with van der Waals surface area (Å²) in [6.45, 7) is 2.49. The molecule has 2 aromatic rings. The molecule has 0 aliphatic carbocycles. The summed E-state index contributed by atoms with van der Waals surface area (Å²) in [5.41, 5.74) is 1.29. The first kappa shape index (κ1) is 18.5. The molecule has 140 valence electrons. The Bertz CT molecular complexity index is 916. The van der Waals surface area contributed by atoms with Crippen LogP contribution in [-0.2, 0) is 17.8 Å². The van der Waals surface area contributed by atoms with Gasteiger partial charge in [-0.3, -0.25) is 28.6 Å². The van der Waals surface area contributed by atoms with Crippen LogP contribution in [-0.4, -0.2) is 45.3 Å². The van der Waals surface area contributed by atoms with Gasteiger partial charge in [0.05, 0.1) is 17.5 Å². The third-order valence-electron chi connectivity index (χ3n) is 4.41. The Morgan fingerprint density at radius 3 is 2.33 bits per heavy atom. The zero-order valence-electron chi connectivity index (χ0n) is 15.0. The van der Waals surface area contributed by atoms with Crippen molar-refractivity contribution < 1.29 is 14.4 Å². The maximum absolute atomic E-state index is 12.2. The fourth-order valence-electron chi connectivity index (χ4n) is 2.88. The van der Waals surface area contributed by atoms with E-state index in [9.17, 15) is 19.2 Å². The third kappa shape index (κ3) is 3.94. The van der Waals surface area contributed by atoms with Gasteiger partial charge in [-0.1, -0.05) is 19.1 Å². The summed E-state index contributed by atoms with van der Waals surface area (Å²) in [7, 11) is 0. The fraction of sp³-hybridized carbons (Fsp3) is 0.316. The van der Waals surface area contributed by atoms with E-state index < -0.39 is 0 Å². The number of amides is 3. The number of hydrogen-bond acceptors (Lipinski definition) is 5. The van der Waals surface area contributed by atoms with Crippen molar-refractivity contribution >= 4 is 17.7 Å². The number of carbonyl (C=O) groups is 3. The van der Waals surface area contributed by atoms with Crippen molar-refractivity contribution in [2.45, 2.75) is 26.3 Å². The van der Waals surface area contributed by atoms with Crippen LogP contribution in [0.25, 0.3) is 0 Å². The lowest BCUT2D eigenvalue weighted by molar-refractivity contribution is -0.121. The minimum absolute atomic E-state index is 0.00733. The van der Waals surface area contributed by atoms with Gasteiger partial charge in [0, 0.05) is 37.8 Å². The molecule has 8 nitrogen and oxygen atoms in total. The van der Waals surface area contributed by atoms with E-state index in [1.54, 1.807) is 24.3 Å².